The monoisotopic (exact) mass is 362 g/mol. The highest BCUT2D eigenvalue weighted by Gasteiger charge is 2.20. The molecule has 0 aliphatic carbocycles. The van der Waals surface area contributed by atoms with E-state index in [1.807, 2.05) is 48.5 Å². The predicted octanol–water partition coefficient (Wildman–Crippen LogP) is 4.44. The lowest BCUT2D eigenvalue weighted by atomic mass is 9.93. The smallest absolute Gasteiger partial charge is 0.124 e. The van der Waals surface area contributed by atoms with Gasteiger partial charge in [-0.25, -0.2) is 5.43 Å². The number of aryl methyl sites for hydroxylation is 2. The fourth-order valence-corrected chi connectivity index (χ4v) is 3.35. The molecule has 3 aromatic rings. The third-order valence-corrected chi connectivity index (χ3v) is 4.61. The second-order valence-electron chi connectivity index (χ2n) is 6.64. The first-order valence-corrected chi connectivity index (χ1v) is 9.00. The summed E-state index contributed by atoms with van der Waals surface area (Å²) in [6.07, 6.45) is 0. The quantitative estimate of drug-likeness (QED) is 0.482. The van der Waals surface area contributed by atoms with Crippen LogP contribution in [0.5, 0.6) is 11.5 Å². The van der Waals surface area contributed by atoms with Crippen molar-refractivity contribution in [1.29, 1.82) is 0 Å². The number of nitrogens with one attached hydrogen (secondary N) is 1. The highest BCUT2D eigenvalue weighted by atomic mass is 16.5. The Morgan fingerprint density at radius 1 is 0.963 bits per heavy atom. The van der Waals surface area contributed by atoms with Gasteiger partial charge in [-0.2, -0.15) is 0 Å². The zero-order chi connectivity index (χ0) is 19.2. The minimum absolute atomic E-state index is 0.194. The third-order valence-electron chi connectivity index (χ3n) is 4.61. The number of hydrazine groups is 1. The molecule has 0 saturated carbocycles. The Hall–Kier alpha value is -2.82. The van der Waals surface area contributed by atoms with Gasteiger partial charge in [0, 0.05) is 5.56 Å². The molecule has 0 aliphatic rings. The molecule has 1 unspecified atom stereocenters. The average molecular weight is 362 g/mol. The number of methoxy groups -OCH3 is 1. The molecule has 0 aromatic heterocycles. The zero-order valence-electron chi connectivity index (χ0n) is 16.0. The van der Waals surface area contributed by atoms with E-state index in [2.05, 4.69) is 37.5 Å². The van der Waals surface area contributed by atoms with Gasteiger partial charge in [0.1, 0.15) is 18.1 Å². The number of hydrogen-bond acceptors (Lipinski definition) is 4. The van der Waals surface area contributed by atoms with Crippen LogP contribution in [0.3, 0.4) is 0 Å². The standard InChI is InChI=1S/C23H26N2O2/c1-16-12-17(2)22(21(13-16)26-3)23(25-24)19-10-7-11-20(14-19)27-15-18-8-5-4-6-9-18/h4-14,23,25H,15,24H2,1-3H3. The molecule has 1 atom stereocenters. The first kappa shape index (κ1) is 19.0. The fourth-order valence-electron chi connectivity index (χ4n) is 3.35. The number of nitrogens with two attached hydrogens (primary N) is 1. The van der Waals surface area contributed by atoms with E-state index in [4.69, 9.17) is 15.3 Å². The summed E-state index contributed by atoms with van der Waals surface area (Å²) in [4.78, 5) is 0. The van der Waals surface area contributed by atoms with E-state index in [9.17, 15) is 0 Å². The van der Waals surface area contributed by atoms with Gasteiger partial charge in [-0.15, -0.1) is 0 Å². The van der Waals surface area contributed by atoms with Gasteiger partial charge >= 0.3 is 0 Å². The van der Waals surface area contributed by atoms with Crippen molar-refractivity contribution in [2.24, 2.45) is 5.84 Å². The molecule has 3 N–H and O–H groups in total. The molecule has 3 rings (SSSR count). The third kappa shape index (κ3) is 4.48. The summed E-state index contributed by atoms with van der Waals surface area (Å²) in [6.45, 7) is 4.66. The first-order valence-electron chi connectivity index (χ1n) is 9.00. The maximum absolute atomic E-state index is 5.97. The van der Waals surface area contributed by atoms with Crippen LogP contribution in [0.4, 0.5) is 0 Å². The molecule has 3 aromatic carbocycles. The minimum Gasteiger partial charge on any atom is -0.496 e. The molecule has 0 fully saturated rings. The summed E-state index contributed by atoms with van der Waals surface area (Å²) < 4.78 is 11.6. The summed E-state index contributed by atoms with van der Waals surface area (Å²) in [5.41, 5.74) is 8.41. The Morgan fingerprint density at radius 2 is 1.74 bits per heavy atom. The van der Waals surface area contributed by atoms with Crippen LogP contribution < -0.4 is 20.7 Å². The van der Waals surface area contributed by atoms with Gasteiger partial charge in [0.25, 0.3) is 0 Å². The topological polar surface area (TPSA) is 56.5 Å². The summed E-state index contributed by atoms with van der Waals surface area (Å²) in [5, 5.41) is 0. The van der Waals surface area contributed by atoms with E-state index in [0.29, 0.717) is 6.61 Å². The van der Waals surface area contributed by atoms with E-state index >= 15 is 0 Å². The van der Waals surface area contributed by atoms with Gasteiger partial charge in [0.05, 0.1) is 13.2 Å². The summed E-state index contributed by atoms with van der Waals surface area (Å²) in [6, 6.07) is 22.1. The minimum atomic E-state index is -0.194. The van der Waals surface area contributed by atoms with Crippen LogP contribution in [0.2, 0.25) is 0 Å². The second-order valence-corrected chi connectivity index (χ2v) is 6.64. The van der Waals surface area contributed by atoms with E-state index in [-0.39, 0.29) is 6.04 Å². The SMILES string of the molecule is COc1cc(C)cc(C)c1C(NN)c1cccc(OCc2ccccc2)c1. The lowest BCUT2D eigenvalue weighted by Gasteiger charge is -2.23. The molecule has 0 radical (unpaired) electrons. The molecule has 0 heterocycles. The van der Waals surface area contributed by atoms with Gasteiger partial charge in [0.15, 0.2) is 0 Å². The molecule has 0 saturated heterocycles. The number of benzene rings is 3. The van der Waals surface area contributed by atoms with Gasteiger partial charge in [-0.05, 0) is 54.3 Å². The van der Waals surface area contributed by atoms with Gasteiger partial charge in [-0.1, -0.05) is 48.5 Å². The van der Waals surface area contributed by atoms with E-state index in [0.717, 1.165) is 39.3 Å². The lowest BCUT2D eigenvalue weighted by Crippen LogP contribution is -2.29. The van der Waals surface area contributed by atoms with Crippen molar-refractivity contribution in [3.05, 3.63) is 94.5 Å². The van der Waals surface area contributed by atoms with Crippen LogP contribution in [-0.2, 0) is 6.61 Å². The van der Waals surface area contributed by atoms with Crippen molar-refractivity contribution in [2.75, 3.05) is 7.11 Å². The summed E-state index contributed by atoms with van der Waals surface area (Å²) in [7, 11) is 1.69. The highest BCUT2D eigenvalue weighted by molar-refractivity contribution is 5.49. The van der Waals surface area contributed by atoms with Gasteiger partial charge < -0.3 is 9.47 Å². The molecule has 27 heavy (non-hydrogen) atoms. The van der Waals surface area contributed by atoms with Gasteiger partial charge in [-0.3, -0.25) is 5.84 Å². The first-order chi connectivity index (χ1) is 13.1. The fraction of sp³-hybridized carbons (Fsp3) is 0.217. The lowest BCUT2D eigenvalue weighted by molar-refractivity contribution is 0.305. The van der Waals surface area contributed by atoms with Crippen molar-refractivity contribution in [2.45, 2.75) is 26.5 Å². The maximum atomic E-state index is 5.97. The highest BCUT2D eigenvalue weighted by Crippen LogP contribution is 2.34. The molecule has 140 valence electrons. The zero-order valence-corrected chi connectivity index (χ0v) is 16.0. The Balaban J connectivity index is 1.88. The Labute approximate surface area is 160 Å². The maximum Gasteiger partial charge on any atom is 0.124 e. The van der Waals surface area contributed by atoms with Crippen LogP contribution >= 0.6 is 0 Å². The molecule has 4 heteroatoms. The summed E-state index contributed by atoms with van der Waals surface area (Å²) >= 11 is 0. The van der Waals surface area contributed by atoms with E-state index in [1.54, 1.807) is 7.11 Å². The molecular weight excluding hydrogens is 336 g/mol. The average Bonchev–Trinajstić information content (AvgIpc) is 2.69. The largest absolute Gasteiger partial charge is 0.496 e. The van der Waals surface area contributed by atoms with Crippen molar-refractivity contribution in [1.82, 2.24) is 5.43 Å². The summed E-state index contributed by atoms with van der Waals surface area (Å²) in [5.74, 6) is 7.57. The predicted molar refractivity (Wildman–Crippen MR) is 109 cm³/mol. The molecule has 0 aliphatic heterocycles. The van der Waals surface area contributed by atoms with Gasteiger partial charge in [0.2, 0.25) is 0 Å². The second kappa shape index (κ2) is 8.71. The van der Waals surface area contributed by atoms with E-state index in [1.165, 1.54) is 0 Å². The Morgan fingerprint density at radius 3 is 2.44 bits per heavy atom. The Bertz CT molecular complexity index is 894. The molecule has 0 spiro atoms. The Kier molecular flexibility index (Phi) is 6.12. The van der Waals surface area contributed by atoms with Crippen molar-refractivity contribution in [3.63, 3.8) is 0 Å². The molecule has 0 amide bonds. The van der Waals surface area contributed by atoms with Crippen molar-refractivity contribution < 1.29 is 9.47 Å². The molecular formula is C23H26N2O2. The molecule has 4 nitrogen and oxygen atoms in total. The van der Waals surface area contributed by atoms with Crippen LogP contribution in [-0.4, -0.2) is 7.11 Å². The van der Waals surface area contributed by atoms with Crippen LogP contribution in [0.25, 0.3) is 0 Å². The van der Waals surface area contributed by atoms with Crippen molar-refractivity contribution in [3.8, 4) is 11.5 Å². The number of ether oxygens (including phenoxy) is 2. The van der Waals surface area contributed by atoms with Crippen molar-refractivity contribution >= 4 is 0 Å². The van der Waals surface area contributed by atoms with Crippen LogP contribution in [0.1, 0.15) is 33.9 Å². The number of hydrogen-bond donors (Lipinski definition) is 2. The van der Waals surface area contributed by atoms with Crippen LogP contribution in [0.15, 0.2) is 66.7 Å². The number of rotatable bonds is 7. The molecule has 0 bridgehead atoms. The normalized spacial score (nSPS) is 11.9. The van der Waals surface area contributed by atoms with Crippen LogP contribution in [0, 0.1) is 13.8 Å². The van der Waals surface area contributed by atoms with E-state index < -0.39 is 0 Å².